The molecule has 0 bridgehead atoms. The van der Waals surface area contributed by atoms with Crippen molar-refractivity contribution in [2.75, 3.05) is 6.61 Å². The maximum Gasteiger partial charge on any atom is 0.306 e. The van der Waals surface area contributed by atoms with Gasteiger partial charge >= 0.3 is 11.9 Å². The lowest BCUT2D eigenvalue weighted by Gasteiger charge is -2.13. The first-order chi connectivity index (χ1) is 9.13. The van der Waals surface area contributed by atoms with E-state index in [-0.39, 0.29) is 30.9 Å². The fourth-order valence-electron chi connectivity index (χ4n) is 1.35. The molecule has 0 aliphatic rings. The van der Waals surface area contributed by atoms with Crippen molar-refractivity contribution < 1.29 is 19.1 Å². The highest BCUT2D eigenvalue weighted by atomic mass is 16.5. The molecule has 0 aromatic rings. The highest BCUT2D eigenvalue weighted by Crippen LogP contribution is 2.06. The van der Waals surface area contributed by atoms with E-state index in [0.29, 0.717) is 13.0 Å². The lowest BCUT2D eigenvalue weighted by atomic mass is 10.2. The minimum absolute atomic E-state index is 0.0672. The van der Waals surface area contributed by atoms with Crippen molar-refractivity contribution in [3.05, 3.63) is 0 Å². The normalized spacial score (nSPS) is 11.1. The molecule has 0 aliphatic carbocycles. The van der Waals surface area contributed by atoms with Crippen molar-refractivity contribution in [2.45, 2.75) is 65.4 Å². The molecule has 0 radical (unpaired) electrons. The predicted octanol–water partition coefficient (Wildman–Crippen LogP) is 2.85. The number of carbonyl (C=O) groups excluding carboxylic acids is 2. The van der Waals surface area contributed by atoms with Gasteiger partial charge in [-0.15, -0.1) is 5.92 Å². The molecule has 0 amide bonds. The Balaban J connectivity index is 3.94. The highest BCUT2D eigenvalue weighted by Gasteiger charge is 2.13. The van der Waals surface area contributed by atoms with Crippen molar-refractivity contribution >= 4 is 11.9 Å². The van der Waals surface area contributed by atoms with Crippen molar-refractivity contribution in [2.24, 2.45) is 0 Å². The van der Waals surface area contributed by atoms with Crippen LogP contribution in [0.2, 0.25) is 0 Å². The minimum atomic E-state index is -0.366. The molecular formula is C15H24O4. The molecule has 4 nitrogen and oxygen atoms in total. The second kappa shape index (κ2) is 11.6. The summed E-state index contributed by atoms with van der Waals surface area (Å²) in [6.07, 6.45) is 3.14. The maximum atomic E-state index is 11.5. The lowest BCUT2D eigenvalue weighted by molar-refractivity contribution is -0.153. The molecule has 0 N–H and O–H groups in total. The second-order valence-electron chi connectivity index (χ2n) is 4.13. The van der Waals surface area contributed by atoms with Crippen molar-refractivity contribution in [3.8, 4) is 11.8 Å². The summed E-state index contributed by atoms with van der Waals surface area (Å²) < 4.78 is 10.0. The van der Waals surface area contributed by atoms with Gasteiger partial charge in [0.05, 0.1) is 19.4 Å². The van der Waals surface area contributed by atoms with Gasteiger partial charge in [0.1, 0.15) is 6.10 Å². The molecule has 0 spiro atoms. The van der Waals surface area contributed by atoms with Crippen LogP contribution in [0.25, 0.3) is 0 Å². The molecule has 0 rings (SSSR count). The van der Waals surface area contributed by atoms with Gasteiger partial charge in [-0.3, -0.25) is 9.59 Å². The molecule has 0 aromatic carbocycles. The van der Waals surface area contributed by atoms with Gasteiger partial charge in [-0.2, -0.15) is 0 Å². The third kappa shape index (κ3) is 10.1. The van der Waals surface area contributed by atoms with Crippen LogP contribution in [0.15, 0.2) is 0 Å². The zero-order chi connectivity index (χ0) is 14.5. The molecule has 0 fully saturated rings. The van der Waals surface area contributed by atoms with E-state index in [0.717, 1.165) is 19.3 Å². The van der Waals surface area contributed by atoms with Gasteiger partial charge in [0, 0.05) is 12.8 Å². The Morgan fingerprint density at radius 1 is 1.05 bits per heavy atom. The number of esters is 2. The highest BCUT2D eigenvalue weighted by molar-refractivity contribution is 5.77. The first kappa shape index (κ1) is 17.5. The average Bonchev–Trinajstić information content (AvgIpc) is 2.40. The summed E-state index contributed by atoms with van der Waals surface area (Å²) in [6, 6.07) is 0. The van der Waals surface area contributed by atoms with Gasteiger partial charge in [0.15, 0.2) is 0 Å². The van der Waals surface area contributed by atoms with Crippen LogP contribution >= 0.6 is 0 Å². The third-order valence-corrected chi connectivity index (χ3v) is 2.42. The van der Waals surface area contributed by atoms with Crippen molar-refractivity contribution in [1.29, 1.82) is 0 Å². The molecule has 1 unspecified atom stereocenters. The quantitative estimate of drug-likeness (QED) is 0.502. The molecule has 0 saturated heterocycles. The minimum Gasteiger partial charge on any atom is -0.466 e. The first-order valence-corrected chi connectivity index (χ1v) is 6.94. The monoisotopic (exact) mass is 268 g/mol. The largest absolute Gasteiger partial charge is 0.466 e. The average molecular weight is 268 g/mol. The van der Waals surface area contributed by atoms with Crippen molar-refractivity contribution in [3.63, 3.8) is 0 Å². The first-order valence-electron chi connectivity index (χ1n) is 6.94. The van der Waals surface area contributed by atoms with E-state index in [1.54, 1.807) is 6.92 Å². The molecule has 19 heavy (non-hydrogen) atoms. The zero-order valence-electron chi connectivity index (χ0n) is 12.2. The van der Waals surface area contributed by atoms with Gasteiger partial charge in [0.2, 0.25) is 0 Å². The van der Waals surface area contributed by atoms with E-state index in [9.17, 15) is 9.59 Å². The Morgan fingerprint density at radius 2 is 1.74 bits per heavy atom. The number of hydrogen-bond acceptors (Lipinski definition) is 4. The Morgan fingerprint density at radius 3 is 2.32 bits per heavy atom. The fraction of sp³-hybridized carbons (Fsp3) is 0.733. The molecule has 0 heterocycles. The third-order valence-electron chi connectivity index (χ3n) is 2.42. The molecule has 1 atom stereocenters. The summed E-state index contributed by atoms with van der Waals surface area (Å²) >= 11 is 0. The maximum absolute atomic E-state index is 11.5. The van der Waals surface area contributed by atoms with Crippen molar-refractivity contribution in [1.82, 2.24) is 0 Å². The molecule has 0 saturated carbocycles. The van der Waals surface area contributed by atoms with E-state index in [2.05, 4.69) is 18.8 Å². The smallest absolute Gasteiger partial charge is 0.306 e. The Bertz CT molecular complexity index is 325. The summed E-state index contributed by atoms with van der Waals surface area (Å²) in [7, 11) is 0. The van der Waals surface area contributed by atoms with Gasteiger partial charge in [-0.1, -0.05) is 19.8 Å². The van der Waals surface area contributed by atoms with E-state index in [1.807, 2.05) is 6.92 Å². The number of carbonyl (C=O) groups is 2. The second-order valence-corrected chi connectivity index (χ2v) is 4.13. The number of hydrogen-bond donors (Lipinski definition) is 0. The van der Waals surface area contributed by atoms with Gasteiger partial charge < -0.3 is 9.47 Å². The Kier molecular flexibility index (Phi) is 10.7. The van der Waals surface area contributed by atoms with Gasteiger partial charge in [-0.05, 0) is 19.8 Å². The topological polar surface area (TPSA) is 52.6 Å². The molecule has 0 aliphatic heterocycles. The van der Waals surface area contributed by atoms with Gasteiger partial charge in [-0.25, -0.2) is 0 Å². The summed E-state index contributed by atoms with van der Waals surface area (Å²) in [4.78, 5) is 22.6. The Labute approximate surface area is 115 Å². The molecule has 4 heteroatoms. The van der Waals surface area contributed by atoms with Gasteiger partial charge in [0.25, 0.3) is 0 Å². The number of rotatable bonds is 8. The Hall–Kier alpha value is -1.50. The van der Waals surface area contributed by atoms with Crippen LogP contribution in [0.5, 0.6) is 0 Å². The van der Waals surface area contributed by atoms with E-state index >= 15 is 0 Å². The summed E-state index contributed by atoms with van der Waals surface area (Å²) in [6.45, 7) is 6.09. The van der Waals surface area contributed by atoms with E-state index < -0.39 is 0 Å². The molecule has 108 valence electrons. The fourth-order valence-corrected chi connectivity index (χ4v) is 1.35. The standard InChI is InChI=1S/C15H24O4/c1-4-7-8-9-10-13(5-2)19-15(17)12-11-14(16)18-6-3/h13H,4-7,10-12H2,1-3H3. The summed E-state index contributed by atoms with van der Waals surface area (Å²) in [5, 5.41) is 0. The number of unbranched alkanes of at least 4 members (excludes halogenated alkanes) is 1. The zero-order valence-corrected chi connectivity index (χ0v) is 12.2. The van der Waals surface area contributed by atoms with Crippen LogP contribution < -0.4 is 0 Å². The van der Waals surface area contributed by atoms with E-state index in [4.69, 9.17) is 9.47 Å². The van der Waals surface area contributed by atoms with Crippen LogP contribution in [-0.2, 0) is 19.1 Å². The van der Waals surface area contributed by atoms with Crippen LogP contribution in [0.4, 0.5) is 0 Å². The van der Waals surface area contributed by atoms with Crippen LogP contribution in [-0.4, -0.2) is 24.6 Å². The molecule has 0 aromatic heterocycles. The van der Waals surface area contributed by atoms with Crippen LogP contribution in [0, 0.1) is 11.8 Å². The molecular weight excluding hydrogens is 244 g/mol. The van der Waals surface area contributed by atoms with Crippen LogP contribution in [0.1, 0.15) is 59.3 Å². The van der Waals surface area contributed by atoms with E-state index in [1.165, 1.54) is 0 Å². The number of ether oxygens (including phenoxy) is 2. The predicted molar refractivity (Wildman–Crippen MR) is 73.3 cm³/mol. The summed E-state index contributed by atoms with van der Waals surface area (Å²) in [5.41, 5.74) is 0. The van der Waals surface area contributed by atoms with Crippen LogP contribution in [0.3, 0.4) is 0 Å². The SMILES string of the molecule is CCCC#CCC(CC)OC(=O)CCC(=O)OCC. The summed E-state index contributed by atoms with van der Waals surface area (Å²) in [5.74, 6) is 5.30. The lowest BCUT2D eigenvalue weighted by Crippen LogP contribution is -2.18.